The standard InChI is InChI=1S/C16H21BrN2O2/c1-9(2)14-15(20)18-10(3)16(21)19(14)11(4)12-5-7-13(17)8-6-12/h5-11,14H,1-4H3,(H,18,20). The molecule has 0 aliphatic carbocycles. The van der Waals surface area contributed by atoms with Crippen LogP contribution in [0.25, 0.3) is 0 Å². The summed E-state index contributed by atoms with van der Waals surface area (Å²) < 4.78 is 0.995. The Balaban J connectivity index is 2.37. The number of carbonyl (C=O) groups is 2. The van der Waals surface area contributed by atoms with Crippen molar-refractivity contribution in [1.82, 2.24) is 10.2 Å². The van der Waals surface area contributed by atoms with Crippen molar-refractivity contribution in [1.29, 1.82) is 0 Å². The summed E-state index contributed by atoms with van der Waals surface area (Å²) in [6, 6.07) is 6.85. The molecule has 1 fully saturated rings. The Labute approximate surface area is 134 Å². The fourth-order valence-electron chi connectivity index (χ4n) is 2.81. The minimum Gasteiger partial charge on any atom is -0.343 e. The Kier molecular flexibility index (Phi) is 4.71. The van der Waals surface area contributed by atoms with Crippen LogP contribution in [0.3, 0.4) is 0 Å². The summed E-state index contributed by atoms with van der Waals surface area (Å²) in [6.45, 7) is 7.64. The molecule has 3 atom stereocenters. The van der Waals surface area contributed by atoms with E-state index < -0.39 is 12.1 Å². The highest BCUT2D eigenvalue weighted by atomic mass is 79.9. The molecule has 1 saturated heterocycles. The predicted octanol–water partition coefficient (Wildman–Crippen LogP) is 2.88. The first-order valence-electron chi connectivity index (χ1n) is 7.21. The topological polar surface area (TPSA) is 49.4 Å². The molecule has 0 spiro atoms. The maximum Gasteiger partial charge on any atom is 0.246 e. The third-order valence-electron chi connectivity index (χ3n) is 3.95. The second-order valence-electron chi connectivity index (χ2n) is 5.89. The van der Waals surface area contributed by atoms with Crippen LogP contribution in [0.5, 0.6) is 0 Å². The summed E-state index contributed by atoms with van der Waals surface area (Å²) >= 11 is 3.41. The van der Waals surface area contributed by atoms with Gasteiger partial charge in [0.05, 0.1) is 6.04 Å². The fraction of sp³-hybridized carbons (Fsp3) is 0.500. The van der Waals surface area contributed by atoms with Gasteiger partial charge in [0.1, 0.15) is 12.1 Å². The third kappa shape index (κ3) is 3.12. The molecule has 0 aromatic heterocycles. The highest BCUT2D eigenvalue weighted by Crippen LogP contribution is 2.29. The minimum absolute atomic E-state index is 0.0243. The number of nitrogens with zero attached hydrogens (tertiary/aromatic N) is 1. The highest BCUT2D eigenvalue weighted by molar-refractivity contribution is 9.10. The van der Waals surface area contributed by atoms with Crippen molar-refractivity contribution < 1.29 is 9.59 Å². The number of nitrogens with one attached hydrogen (secondary N) is 1. The van der Waals surface area contributed by atoms with Gasteiger partial charge in [-0.05, 0) is 37.5 Å². The zero-order valence-corrected chi connectivity index (χ0v) is 14.3. The van der Waals surface area contributed by atoms with E-state index >= 15 is 0 Å². The third-order valence-corrected chi connectivity index (χ3v) is 4.48. The van der Waals surface area contributed by atoms with E-state index in [1.165, 1.54) is 0 Å². The smallest absolute Gasteiger partial charge is 0.246 e. The van der Waals surface area contributed by atoms with Crippen molar-refractivity contribution in [3.05, 3.63) is 34.3 Å². The van der Waals surface area contributed by atoms with E-state index in [4.69, 9.17) is 0 Å². The Hall–Kier alpha value is -1.36. The molecule has 1 aromatic rings. The number of rotatable bonds is 3. The van der Waals surface area contributed by atoms with Crippen LogP contribution in [0.2, 0.25) is 0 Å². The molecule has 3 unspecified atom stereocenters. The average molecular weight is 353 g/mol. The van der Waals surface area contributed by atoms with Crippen LogP contribution >= 0.6 is 15.9 Å². The average Bonchev–Trinajstić information content (AvgIpc) is 2.42. The molecule has 0 saturated carbocycles. The number of carbonyl (C=O) groups excluding carboxylic acids is 2. The first-order valence-corrected chi connectivity index (χ1v) is 8.00. The molecule has 21 heavy (non-hydrogen) atoms. The van der Waals surface area contributed by atoms with E-state index in [9.17, 15) is 9.59 Å². The summed E-state index contributed by atoms with van der Waals surface area (Å²) in [4.78, 5) is 26.6. The van der Waals surface area contributed by atoms with Gasteiger partial charge in [0, 0.05) is 4.47 Å². The molecule has 114 valence electrons. The Morgan fingerprint density at radius 2 is 1.71 bits per heavy atom. The Bertz CT molecular complexity index is 542. The summed E-state index contributed by atoms with van der Waals surface area (Å²) in [7, 11) is 0. The monoisotopic (exact) mass is 352 g/mol. The summed E-state index contributed by atoms with van der Waals surface area (Å²) in [6.07, 6.45) is 0. The molecule has 2 rings (SSSR count). The summed E-state index contributed by atoms with van der Waals surface area (Å²) in [5, 5.41) is 2.77. The highest BCUT2D eigenvalue weighted by Gasteiger charge is 2.42. The van der Waals surface area contributed by atoms with Gasteiger partial charge in [-0.15, -0.1) is 0 Å². The number of hydrogen-bond acceptors (Lipinski definition) is 2. The summed E-state index contributed by atoms with van der Waals surface area (Å²) in [5.74, 6) is -0.0240. The van der Waals surface area contributed by atoms with Gasteiger partial charge in [-0.2, -0.15) is 0 Å². The molecule has 1 aromatic carbocycles. The number of halogens is 1. The number of benzene rings is 1. The molecule has 5 heteroatoms. The van der Waals surface area contributed by atoms with Crippen LogP contribution < -0.4 is 5.32 Å². The van der Waals surface area contributed by atoms with Gasteiger partial charge in [0.25, 0.3) is 0 Å². The van der Waals surface area contributed by atoms with Crippen LogP contribution in [0.1, 0.15) is 39.3 Å². The number of piperazine rings is 1. The van der Waals surface area contributed by atoms with E-state index in [1.54, 1.807) is 11.8 Å². The lowest BCUT2D eigenvalue weighted by Crippen LogP contribution is -2.64. The van der Waals surface area contributed by atoms with Crippen molar-refractivity contribution in [2.45, 2.75) is 45.8 Å². The van der Waals surface area contributed by atoms with Crippen molar-refractivity contribution in [3.8, 4) is 0 Å². The van der Waals surface area contributed by atoms with E-state index in [0.29, 0.717) is 0 Å². The van der Waals surface area contributed by atoms with Gasteiger partial charge in [-0.3, -0.25) is 9.59 Å². The van der Waals surface area contributed by atoms with Crippen LogP contribution in [0, 0.1) is 5.92 Å². The molecule has 4 nitrogen and oxygen atoms in total. The number of hydrogen-bond donors (Lipinski definition) is 1. The lowest BCUT2D eigenvalue weighted by atomic mass is 9.93. The zero-order chi connectivity index (χ0) is 15.7. The quantitative estimate of drug-likeness (QED) is 0.909. The molecule has 2 amide bonds. The molecule has 0 bridgehead atoms. The molecular formula is C16H21BrN2O2. The largest absolute Gasteiger partial charge is 0.343 e. The van der Waals surface area contributed by atoms with E-state index in [0.717, 1.165) is 10.0 Å². The Morgan fingerprint density at radius 1 is 1.14 bits per heavy atom. The molecule has 1 heterocycles. The molecule has 1 N–H and O–H groups in total. The van der Waals surface area contributed by atoms with Gasteiger partial charge in [0.2, 0.25) is 11.8 Å². The van der Waals surface area contributed by atoms with Crippen LogP contribution in [0.4, 0.5) is 0 Å². The van der Waals surface area contributed by atoms with Gasteiger partial charge in [-0.25, -0.2) is 0 Å². The zero-order valence-electron chi connectivity index (χ0n) is 12.8. The first kappa shape index (κ1) is 16.0. The minimum atomic E-state index is -0.467. The number of amides is 2. The van der Waals surface area contributed by atoms with E-state index in [-0.39, 0.29) is 23.8 Å². The van der Waals surface area contributed by atoms with Crippen molar-refractivity contribution in [2.24, 2.45) is 5.92 Å². The first-order chi connectivity index (χ1) is 9.82. The Morgan fingerprint density at radius 3 is 2.24 bits per heavy atom. The maximum absolute atomic E-state index is 12.6. The van der Waals surface area contributed by atoms with E-state index in [1.807, 2.05) is 45.0 Å². The van der Waals surface area contributed by atoms with Crippen LogP contribution in [-0.2, 0) is 9.59 Å². The SMILES string of the molecule is CC1NC(=O)C(C(C)C)N(C(C)c2ccc(Br)cc2)C1=O. The van der Waals surface area contributed by atoms with Crippen molar-refractivity contribution in [3.63, 3.8) is 0 Å². The van der Waals surface area contributed by atoms with Crippen LogP contribution in [-0.4, -0.2) is 28.8 Å². The second kappa shape index (κ2) is 6.18. The predicted molar refractivity (Wildman–Crippen MR) is 85.6 cm³/mol. The van der Waals surface area contributed by atoms with Crippen molar-refractivity contribution >= 4 is 27.7 Å². The molecule has 1 aliphatic heterocycles. The lowest BCUT2D eigenvalue weighted by Gasteiger charge is -2.43. The normalized spacial score (nSPS) is 24.2. The van der Waals surface area contributed by atoms with Crippen LogP contribution in [0.15, 0.2) is 28.7 Å². The van der Waals surface area contributed by atoms with Gasteiger partial charge in [0.15, 0.2) is 0 Å². The van der Waals surface area contributed by atoms with Gasteiger partial charge >= 0.3 is 0 Å². The van der Waals surface area contributed by atoms with Gasteiger partial charge in [-0.1, -0.05) is 41.9 Å². The molecular weight excluding hydrogens is 332 g/mol. The van der Waals surface area contributed by atoms with Crippen molar-refractivity contribution in [2.75, 3.05) is 0 Å². The van der Waals surface area contributed by atoms with E-state index in [2.05, 4.69) is 21.2 Å². The van der Waals surface area contributed by atoms with Gasteiger partial charge < -0.3 is 10.2 Å². The maximum atomic E-state index is 12.6. The second-order valence-corrected chi connectivity index (χ2v) is 6.81. The summed E-state index contributed by atoms with van der Waals surface area (Å²) in [5.41, 5.74) is 1.03. The lowest BCUT2D eigenvalue weighted by molar-refractivity contribution is -0.153. The molecule has 1 aliphatic rings. The fourth-order valence-corrected chi connectivity index (χ4v) is 3.07. The molecule has 0 radical (unpaired) electrons.